The van der Waals surface area contributed by atoms with E-state index in [4.69, 9.17) is 26.4 Å². The third-order valence-corrected chi connectivity index (χ3v) is 8.48. The number of nitrogens with zero attached hydrogens (tertiary/aromatic N) is 4. The van der Waals surface area contributed by atoms with Crippen LogP contribution in [0.5, 0.6) is 11.5 Å². The molecule has 7 nitrogen and oxygen atoms in total. The maximum Gasteiger partial charge on any atom is 0.226 e. The summed E-state index contributed by atoms with van der Waals surface area (Å²) in [5.41, 5.74) is 2.76. The lowest BCUT2D eigenvalue weighted by Gasteiger charge is -2.35. The number of hydrogen-bond donors (Lipinski definition) is 1. The molecule has 1 aromatic heterocycles. The minimum Gasteiger partial charge on any atom is -0.508 e. The summed E-state index contributed by atoms with van der Waals surface area (Å²) in [5.74, 6) is 2.73. The van der Waals surface area contributed by atoms with E-state index >= 15 is 0 Å². The molecule has 8 heteroatoms. The fraction of sp³-hybridized carbons (Fsp3) is 0.364. The number of phenols is 1. The number of benzene rings is 3. The van der Waals surface area contributed by atoms with E-state index in [1.807, 2.05) is 47.1 Å². The van der Waals surface area contributed by atoms with E-state index in [1.54, 1.807) is 18.2 Å². The Morgan fingerprint density at radius 2 is 1.71 bits per heavy atom. The summed E-state index contributed by atoms with van der Waals surface area (Å²) in [5, 5.41) is 15.3. The van der Waals surface area contributed by atoms with Gasteiger partial charge < -0.3 is 14.7 Å². The summed E-state index contributed by atoms with van der Waals surface area (Å²) < 4.78 is 7.92. The molecule has 6 rings (SSSR count). The minimum atomic E-state index is 0.164. The van der Waals surface area contributed by atoms with Crippen LogP contribution in [0.25, 0.3) is 22.8 Å². The maximum absolute atomic E-state index is 13.2. The fourth-order valence-electron chi connectivity index (χ4n) is 5.71. The van der Waals surface area contributed by atoms with E-state index in [1.165, 1.54) is 19.3 Å². The van der Waals surface area contributed by atoms with Crippen molar-refractivity contribution in [1.29, 1.82) is 0 Å². The van der Waals surface area contributed by atoms with Gasteiger partial charge in [-0.3, -0.25) is 4.79 Å². The monoisotopic (exact) mass is 570 g/mol. The van der Waals surface area contributed by atoms with Crippen molar-refractivity contribution in [1.82, 2.24) is 19.7 Å². The van der Waals surface area contributed by atoms with Crippen LogP contribution in [0, 0.1) is 5.92 Å². The zero-order chi connectivity index (χ0) is 28.2. The van der Waals surface area contributed by atoms with Gasteiger partial charge in [-0.05, 0) is 79.8 Å². The quantitative estimate of drug-likeness (QED) is 0.219. The number of aromatic nitrogens is 3. The molecule has 2 fully saturated rings. The SMILES string of the molecule is O=C(C1CCC1)N(Cc1ccc(OCCn2nc(-c3cccc(O)c3)nc2-c2ccc(Cl)cc2)cc1)C1CCCC1. The number of carbonyl (C=O) groups is 1. The summed E-state index contributed by atoms with van der Waals surface area (Å²) in [6.45, 7) is 1.55. The lowest BCUT2D eigenvalue weighted by molar-refractivity contribution is -0.141. The number of ether oxygens (including phenoxy) is 1. The van der Waals surface area contributed by atoms with Gasteiger partial charge in [0.25, 0.3) is 0 Å². The molecule has 0 aliphatic heterocycles. The topological polar surface area (TPSA) is 80.5 Å². The minimum absolute atomic E-state index is 0.164. The third-order valence-electron chi connectivity index (χ3n) is 8.23. The summed E-state index contributed by atoms with van der Waals surface area (Å²) >= 11 is 6.11. The first-order valence-corrected chi connectivity index (χ1v) is 14.9. The Labute approximate surface area is 245 Å². The van der Waals surface area contributed by atoms with Crippen LogP contribution in [0.15, 0.2) is 72.8 Å². The Hall–Kier alpha value is -3.84. The average molecular weight is 571 g/mol. The van der Waals surface area contributed by atoms with Crippen LogP contribution in [0.2, 0.25) is 5.02 Å². The highest BCUT2D eigenvalue weighted by molar-refractivity contribution is 6.30. The molecule has 2 aliphatic carbocycles. The Morgan fingerprint density at radius 3 is 2.39 bits per heavy atom. The van der Waals surface area contributed by atoms with Crippen molar-refractivity contribution in [2.75, 3.05) is 6.61 Å². The number of aromatic hydroxyl groups is 1. The van der Waals surface area contributed by atoms with Gasteiger partial charge in [0.2, 0.25) is 5.91 Å². The molecule has 0 radical (unpaired) electrons. The van der Waals surface area contributed by atoms with Gasteiger partial charge in [-0.1, -0.05) is 55.1 Å². The van der Waals surface area contributed by atoms with E-state index in [0.717, 1.165) is 48.1 Å². The molecule has 0 atom stereocenters. The lowest BCUT2D eigenvalue weighted by atomic mass is 9.84. The Kier molecular flexibility index (Phi) is 8.23. The second kappa shape index (κ2) is 12.4. The van der Waals surface area contributed by atoms with Crippen molar-refractivity contribution in [3.05, 3.63) is 83.4 Å². The van der Waals surface area contributed by atoms with Gasteiger partial charge in [0.15, 0.2) is 11.6 Å². The summed E-state index contributed by atoms with van der Waals surface area (Å²) in [4.78, 5) is 20.1. The zero-order valence-corrected chi connectivity index (χ0v) is 23.8. The highest BCUT2D eigenvalue weighted by atomic mass is 35.5. The van der Waals surface area contributed by atoms with Crippen molar-refractivity contribution in [2.24, 2.45) is 5.92 Å². The highest BCUT2D eigenvalue weighted by Gasteiger charge is 2.34. The number of hydrogen-bond acceptors (Lipinski definition) is 5. The van der Waals surface area contributed by atoms with E-state index in [9.17, 15) is 9.90 Å². The van der Waals surface area contributed by atoms with Gasteiger partial charge in [0, 0.05) is 34.7 Å². The highest BCUT2D eigenvalue weighted by Crippen LogP contribution is 2.33. The van der Waals surface area contributed by atoms with Gasteiger partial charge in [-0.15, -0.1) is 0 Å². The van der Waals surface area contributed by atoms with Gasteiger partial charge in [0.05, 0.1) is 6.54 Å². The molecule has 1 N–H and O–H groups in total. The van der Waals surface area contributed by atoms with Crippen LogP contribution >= 0.6 is 11.6 Å². The summed E-state index contributed by atoms with van der Waals surface area (Å²) in [6, 6.07) is 22.9. The molecule has 0 unspecified atom stereocenters. The van der Waals surface area contributed by atoms with Crippen LogP contribution in [0.1, 0.15) is 50.5 Å². The summed E-state index contributed by atoms with van der Waals surface area (Å²) in [6.07, 6.45) is 7.92. The van der Waals surface area contributed by atoms with Gasteiger partial charge >= 0.3 is 0 Å². The molecular formula is C33H35ClN4O3. The molecule has 4 aromatic rings. The number of phenolic OH excluding ortho intramolecular Hbond substituents is 1. The molecule has 0 spiro atoms. The van der Waals surface area contributed by atoms with Crippen molar-refractivity contribution in [3.8, 4) is 34.3 Å². The lowest BCUT2D eigenvalue weighted by Crippen LogP contribution is -2.43. The van der Waals surface area contributed by atoms with E-state index in [0.29, 0.717) is 48.3 Å². The Bertz CT molecular complexity index is 1480. The second-order valence-corrected chi connectivity index (χ2v) is 11.5. The number of carbonyl (C=O) groups excluding carboxylic acids is 1. The Balaban J connectivity index is 1.12. The van der Waals surface area contributed by atoms with Crippen molar-refractivity contribution in [3.63, 3.8) is 0 Å². The van der Waals surface area contributed by atoms with Crippen LogP contribution in [-0.2, 0) is 17.9 Å². The van der Waals surface area contributed by atoms with Crippen LogP contribution < -0.4 is 4.74 Å². The van der Waals surface area contributed by atoms with Crippen LogP contribution in [0.4, 0.5) is 0 Å². The molecule has 0 saturated heterocycles. The van der Waals surface area contributed by atoms with E-state index in [-0.39, 0.29) is 11.7 Å². The third kappa shape index (κ3) is 6.41. The van der Waals surface area contributed by atoms with Crippen LogP contribution in [-0.4, -0.2) is 43.3 Å². The van der Waals surface area contributed by atoms with Crippen molar-refractivity contribution >= 4 is 17.5 Å². The molecule has 41 heavy (non-hydrogen) atoms. The molecule has 1 amide bonds. The largest absolute Gasteiger partial charge is 0.508 e. The molecule has 212 valence electrons. The fourth-order valence-corrected chi connectivity index (χ4v) is 5.83. The normalized spacial score (nSPS) is 15.5. The van der Waals surface area contributed by atoms with Gasteiger partial charge in [-0.2, -0.15) is 5.10 Å². The maximum atomic E-state index is 13.2. The zero-order valence-electron chi connectivity index (χ0n) is 23.1. The molecule has 1 heterocycles. The van der Waals surface area contributed by atoms with Crippen LogP contribution in [0.3, 0.4) is 0 Å². The molecular weight excluding hydrogens is 536 g/mol. The predicted molar refractivity (Wildman–Crippen MR) is 160 cm³/mol. The second-order valence-electron chi connectivity index (χ2n) is 11.1. The number of rotatable bonds is 10. The van der Waals surface area contributed by atoms with E-state index in [2.05, 4.69) is 17.0 Å². The average Bonchev–Trinajstić information content (AvgIpc) is 3.63. The smallest absolute Gasteiger partial charge is 0.226 e. The van der Waals surface area contributed by atoms with Gasteiger partial charge in [-0.25, -0.2) is 9.67 Å². The Morgan fingerprint density at radius 1 is 0.951 bits per heavy atom. The number of halogens is 1. The molecule has 0 bridgehead atoms. The first kappa shape index (κ1) is 27.3. The standard InChI is InChI=1S/C33H35ClN4O3/c34-27-15-13-24(14-16-27)32-35-31(26-7-4-10-29(39)21-26)36-38(32)19-20-41-30-17-11-23(12-18-30)22-37(28-8-1-2-9-28)33(40)25-5-3-6-25/h4,7,10-18,21,25,28,39H,1-3,5-6,8-9,19-20,22H2. The van der Waals surface area contributed by atoms with Crippen molar-refractivity contribution in [2.45, 2.75) is 64.1 Å². The molecule has 2 aliphatic rings. The molecule has 2 saturated carbocycles. The predicted octanol–water partition coefficient (Wildman–Crippen LogP) is 7.12. The van der Waals surface area contributed by atoms with Gasteiger partial charge in [0.1, 0.15) is 18.1 Å². The first-order valence-electron chi connectivity index (χ1n) is 14.6. The summed E-state index contributed by atoms with van der Waals surface area (Å²) in [7, 11) is 0. The van der Waals surface area contributed by atoms with E-state index < -0.39 is 0 Å². The first-order chi connectivity index (χ1) is 20.0. The molecule has 3 aromatic carbocycles. The number of amides is 1. The van der Waals surface area contributed by atoms with Crippen molar-refractivity contribution < 1.29 is 14.6 Å².